The van der Waals surface area contributed by atoms with E-state index in [1.165, 1.54) is 13.3 Å². The van der Waals surface area contributed by atoms with Crippen molar-refractivity contribution < 1.29 is 19.7 Å². The average Bonchev–Trinajstić information content (AvgIpc) is 2.74. The lowest BCUT2D eigenvalue weighted by Crippen LogP contribution is -2.28. The second-order valence-electron chi connectivity index (χ2n) is 2.94. The van der Waals surface area contributed by atoms with E-state index < -0.39 is 18.2 Å². The van der Waals surface area contributed by atoms with Gasteiger partial charge in [-0.05, 0) is 0 Å². The molecule has 0 bridgehead atoms. The Kier molecular flexibility index (Phi) is 3.78. The van der Waals surface area contributed by atoms with Crippen LogP contribution in [-0.4, -0.2) is 46.1 Å². The van der Waals surface area contributed by atoms with Gasteiger partial charge in [0.15, 0.2) is 0 Å². The monoisotopic (exact) mass is 215 g/mol. The van der Waals surface area contributed by atoms with E-state index in [9.17, 15) is 15.0 Å². The maximum Gasteiger partial charge on any atom is 0.356 e. The van der Waals surface area contributed by atoms with Gasteiger partial charge in [0.05, 0.1) is 19.4 Å². The number of ether oxygens (including phenoxy) is 1. The van der Waals surface area contributed by atoms with E-state index in [2.05, 4.69) is 14.9 Å². The van der Waals surface area contributed by atoms with Crippen molar-refractivity contribution in [3.63, 3.8) is 0 Å². The van der Waals surface area contributed by atoms with Gasteiger partial charge in [-0.2, -0.15) is 5.10 Å². The standard InChI is InChI=1S/C8H13N3O4/c1-15-8(14)6-4(3-10-11-6)7(13)5(12)2-9/h3,5,7,12-13H,2,9H2,1H3,(H,10,11). The molecule has 1 heterocycles. The van der Waals surface area contributed by atoms with E-state index in [0.717, 1.165) is 0 Å². The third kappa shape index (κ3) is 2.32. The fourth-order valence-electron chi connectivity index (χ4n) is 1.12. The van der Waals surface area contributed by atoms with E-state index in [4.69, 9.17) is 5.73 Å². The van der Waals surface area contributed by atoms with Crippen molar-refractivity contribution in [2.24, 2.45) is 5.73 Å². The largest absolute Gasteiger partial charge is 0.464 e. The molecule has 0 fully saturated rings. The lowest BCUT2D eigenvalue weighted by molar-refractivity contribution is 0.0228. The number of carbonyl (C=O) groups is 1. The molecule has 1 aromatic rings. The molecule has 7 heteroatoms. The van der Waals surface area contributed by atoms with Crippen molar-refractivity contribution in [3.8, 4) is 0 Å². The molecule has 0 aliphatic carbocycles. The van der Waals surface area contributed by atoms with Crippen molar-refractivity contribution in [2.75, 3.05) is 13.7 Å². The second kappa shape index (κ2) is 4.87. The second-order valence-corrected chi connectivity index (χ2v) is 2.94. The van der Waals surface area contributed by atoms with Gasteiger partial charge in [-0.25, -0.2) is 4.79 Å². The fourth-order valence-corrected chi connectivity index (χ4v) is 1.12. The van der Waals surface area contributed by atoms with Crippen LogP contribution in [-0.2, 0) is 4.74 Å². The molecule has 2 atom stereocenters. The number of aromatic nitrogens is 2. The third-order valence-electron chi connectivity index (χ3n) is 1.98. The quantitative estimate of drug-likeness (QED) is 0.456. The van der Waals surface area contributed by atoms with Gasteiger partial charge in [-0.1, -0.05) is 0 Å². The molecule has 0 aromatic carbocycles. The Morgan fingerprint density at radius 3 is 2.93 bits per heavy atom. The molecule has 1 rings (SSSR count). The van der Waals surface area contributed by atoms with Gasteiger partial charge in [0.2, 0.25) is 0 Å². The first kappa shape index (κ1) is 11.6. The molecule has 2 unspecified atom stereocenters. The maximum atomic E-state index is 11.2. The van der Waals surface area contributed by atoms with Gasteiger partial charge in [0, 0.05) is 12.1 Å². The minimum absolute atomic E-state index is 0.0116. The number of H-pyrrole nitrogens is 1. The highest BCUT2D eigenvalue weighted by molar-refractivity contribution is 5.88. The highest BCUT2D eigenvalue weighted by Crippen LogP contribution is 2.19. The van der Waals surface area contributed by atoms with Crippen molar-refractivity contribution >= 4 is 5.97 Å². The molecule has 0 saturated carbocycles. The number of nitrogens with two attached hydrogens (primary N) is 1. The first-order chi connectivity index (χ1) is 7.11. The minimum atomic E-state index is -1.26. The van der Waals surface area contributed by atoms with Gasteiger partial charge in [0.25, 0.3) is 0 Å². The molecule has 7 nitrogen and oxygen atoms in total. The van der Waals surface area contributed by atoms with Gasteiger partial charge in [0.1, 0.15) is 11.8 Å². The van der Waals surface area contributed by atoms with Crippen LogP contribution in [0.5, 0.6) is 0 Å². The van der Waals surface area contributed by atoms with Crippen LogP contribution >= 0.6 is 0 Å². The molecular weight excluding hydrogens is 202 g/mol. The fraction of sp³-hybridized carbons (Fsp3) is 0.500. The lowest BCUT2D eigenvalue weighted by Gasteiger charge is -2.15. The van der Waals surface area contributed by atoms with Crippen molar-refractivity contribution in [2.45, 2.75) is 12.2 Å². The number of aliphatic hydroxyl groups is 2. The number of nitrogens with zero attached hydrogens (tertiary/aromatic N) is 1. The van der Waals surface area contributed by atoms with Crippen molar-refractivity contribution in [3.05, 3.63) is 17.5 Å². The number of rotatable bonds is 4. The summed E-state index contributed by atoms with van der Waals surface area (Å²) < 4.78 is 4.46. The summed E-state index contributed by atoms with van der Waals surface area (Å²) in [5.74, 6) is -0.661. The summed E-state index contributed by atoms with van der Waals surface area (Å²) in [6.45, 7) is -0.118. The summed E-state index contributed by atoms with van der Waals surface area (Å²) >= 11 is 0. The number of carbonyl (C=O) groups excluding carboxylic acids is 1. The molecule has 0 radical (unpaired) electrons. The molecule has 5 N–H and O–H groups in total. The topological polar surface area (TPSA) is 121 Å². The zero-order valence-electron chi connectivity index (χ0n) is 8.17. The van der Waals surface area contributed by atoms with Crippen LogP contribution in [0.25, 0.3) is 0 Å². The first-order valence-electron chi connectivity index (χ1n) is 4.29. The van der Waals surface area contributed by atoms with Crippen LogP contribution in [0.15, 0.2) is 6.20 Å². The van der Waals surface area contributed by atoms with Crippen molar-refractivity contribution in [1.82, 2.24) is 10.2 Å². The van der Waals surface area contributed by atoms with E-state index >= 15 is 0 Å². The van der Waals surface area contributed by atoms with Crippen LogP contribution in [0.4, 0.5) is 0 Å². The predicted molar refractivity (Wildman–Crippen MR) is 49.9 cm³/mol. The minimum Gasteiger partial charge on any atom is -0.464 e. The summed E-state index contributed by atoms with van der Waals surface area (Å²) in [6.07, 6.45) is -1.16. The van der Waals surface area contributed by atoms with Crippen LogP contribution in [0.3, 0.4) is 0 Å². The van der Waals surface area contributed by atoms with Gasteiger partial charge < -0.3 is 20.7 Å². The molecule has 0 spiro atoms. The number of hydrogen-bond donors (Lipinski definition) is 4. The van der Waals surface area contributed by atoms with Crippen LogP contribution < -0.4 is 5.73 Å². The maximum absolute atomic E-state index is 11.2. The normalized spacial score (nSPS) is 14.7. The molecular formula is C8H13N3O4. The van der Waals surface area contributed by atoms with Crippen molar-refractivity contribution in [1.29, 1.82) is 0 Å². The Hall–Kier alpha value is -1.44. The Balaban J connectivity index is 2.94. The molecule has 1 aromatic heterocycles. The zero-order valence-corrected chi connectivity index (χ0v) is 8.17. The molecule has 0 aliphatic rings. The van der Waals surface area contributed by atoms with Gasteiger partial charge >= 0.3 is 5.97 Å². The van der Waals surface area contributed by atoms with Crippen LogP contribution in [0, 0.1) is 0 Å². The SMILES string of the molecule is COC(=O)c1[nH]ncc1C(O)C(O)CN. The van der Waals surface area contributed by atoms with Gasteiger partial charge in [-0.3, -0.25) is 5.10 Å². The Morgan fingerprint density at radius 2 is 2.40 bits per heavy atom. The summed E-state index contributed by atoms with van der Waals surface area (Å²) in [4.78, 5) is 11.2. The first-order valence-corrected chi connectivity index (χ1v) is 4.29. The molecule has 15 heavy (non-hydrogen) atoms. The predicted octanol–water partition coefficient (Wildman–Crippen LogP) is -1.45. The third-order valence-corrected chi connectivity index (χ3v) is 1.98. The van der Waals surface area contributed by atoms with E-state index in [1.807, 2.05) is 0 Å². The van der Waals surface area contributed by atoms with E-state index in [0.29, 0.717) is 0 Å². The molecule has 0 saturated heterocycles. The number of esters is 1. The van der Waals surface area contributed by atoms with E-state index in [-0.39, 0.29) is 17.8 Å². The number of hydrogen-bond acceptors (Lipinski definition) is 6. The summed E-state index contributed by atoms with van der Waals surface area (Å²) in [7, 11) is 1.21. The molecule has 0 amide bonds. The summed E-state index contributed by atoms with van der Waals surface area (Å²) in [5.41, 5.74) is 5.36. The molecule has 84 valence electrons. The number of nitrogens with one attached hydrogen (secondary N) is 1. The number of methoxy groups -OCH3 is 1. The molecule has 0 aliphatic heterocycles. The van der Waals surface area contributed by atoms with Crippen LogP contribution in [0.1, 0.15) is 22.2 Å². The summed E-state index contributed by atoms with van der Waals surface area (Å²) in [5, 5.41) is 24.9. The highest BCUT2D eigenvalue weighted by Gasteiger charge is 2.25. The summed E-state index contributed by atoms with van der Waals surface area (Å²) in [6, 6.07) is 0. The van der Waals surface area contributed by atoms with E-state index in [1.54, 1.807) is 0 Å². The number of aromatic amines is 1. The zero-order chi connectivity index (χ0) is 11.4. The Bertz CT molecular complexity index is 338. The Morgan fingerprint density at radius 1 is 1.73 bits per heavy atom. The smallest absolute Gasteiger partial charge is 0.356 e. The average molecular weight is 215 g/mol. The van der Waals surface area contributed by atoms with Gasteiger partial charge in [-0.15, -0.1) is 0 Å². The lowest BCUT2D eigenvalue weighted by atomic mass is 10.1. The Labute approximate surface area is 85.9 Å². The number of aliphatic hydroxyl groups excluding tert-OH is 2. The highest BCUT2D eigenvalue weighted by atomic mass is 16.5. The van der Waals surface area contributed by atoms with Crippen LogP contribution in [0.2, 0.25) is 0 Å².